The lowest BCUT2D eigenvalue weighted by atomic mass is 9.71. The standard InChI is InChI=1S/C8H11BCl/c1-6-5-7(10)3-4-8(6)9-2/h3-5H,9H2,1-2H3/q-1. The van der Waals surface area contributed by atoms with E-state index in [0.29, 0.717) is 0 Å². The number of hydrogen-bond acceptors (Lipinski definition) is 0. The monoisotopic (exact) mass is 153 g/mol. The molecule has 0 fully saturated rings. The van der Waals surface area contributed by atoms with Crippen LogP contribution in [0, 0.1) is 6.92 Å². The van der Waals surface area contributed by atoms with Crippen LogP contribution in [-0.2, 0) is 0 Å². The molecule has 0 heterocycles. The van der Waals surface area contributed by atoms with Gasteiger partial charge in [-0.2, -0.15) is 6.82 Å². The normalized spacial score (nSPS) is 9.90. The van der Waals surface area contributed by atoms with Gasteiger partial charge in [0.2, 0.25) is 0 Å². The van der Waals surface area contributed by atoms with E-state index in [1.807, 2.05) is 12.1 Å². The lowest BCUT2D eigenvalue weighted by molar-refractivity contribution is 1.51. The van der Waals surface area contributed by atoms with Crippen molar-refractivity contribution < 1.29 is 0 Å². The Morgan fingerprint density at radius 2 is 2.10 bits per heavy atom. The molecule has 0 spiro atoms. The van der Waals surface area contributed by atoms with Crippen LogP contribution in [0.15, 0.2) is 18.2 Å². The van der Waals surface area contributed by atoms with Crippen molar-refractivity contribution in [3.63, 3.8) is 0 Å². The van der Waals surface area contributed by atoms with Crippen LogP contribution in [0.1, 0.15) is 5.56 Å². The number of benzene rings is 1. The molecular weight excluding hydrogens is 142 g/mol. The first-order valence-corrected chi connectivity index (χ1v) is 4.30. The van der Waals surface area contributed by atoms with E-state index in [-0.39, 0.29) is 7.28 Å². The summed E-state index contributed by atoms with van der Waals surface area (Å²) in [5.74, 6) is 0. The van der Waals surface area contributed by atoms with E-state index in [4.69, 9.17) is 11.6 Å². The van der Waals surface area contributed by atoms with Crippen molar-refractivity contribution >= 4 is 24.3 Å². The Bertz CT molecular complexity index is 233. The van der Waals surface area contributed by atoms with Gasteiger partial charge in [-0.15, -0.1) is 0 Å². The van der Waals surface area contributed by atoms with Gasteiger partial charge in [-0.1, -0.05) is 23.2 Å². The summed E-state index contributed by atoms with van der Waals surface area (Å²) >= 11 is 5.79. The molecule has 0 saturated heterocycles. The van der Waals surface area contributed by atoms with Gasteiger partial charge in [0.25, 0.3) is 0 Å². The van der Waals surface area contributed by atoms with Gasteiger partial charge in [-0.05, 0) is 26.3 Å². The van der Waals surface area contributed by atoms with Gasteiger partial charge in [-0.25, -0.2) is 5.46 Å². The predicted octanol–water partition coefficient (Wildman–Crippen LogP) is 1.49. The third-order valence-electron chi connectivity index (χ3n) is 2.01. The Labute approximate surface area is 67.5 Å². The minimum Gasteiger partial charge on any atom is -0.214 e. The van der Waals surface area contributed by atoms with Gasteiger partial charge in [0.05, 0.1) is 0 Å². The Balaban J connectivity index is 3.07. The van der Waals surface area contributed by atoms with Crippen molar-refractivity contribution in [3.05, 3.63) is 28.8 Å². The minimum atomic E-state index is 0.0976. The van der Waals surface area contributed by atoms with Crippen LogP contribution in [0.5, 0.6) is 0 Å². The maximum absolute atomic E-state index is 5.79. The molecule has 2 heteroatoms. The minimum absolute atomic E-state index is 0.0976. The Hall–Kier alpha value is -0.425. The molecule has 1 aromatic rings. The molecule has 0 nitrogen and oxygen atoms in total. The molecule has 0 aliphatic carbocycles. The van der Waals surface area contributed by atoms with Gasteiger partial charge >= 0.3 is 0 Å². The summed E-state index contributed by atoms with van der Waals surface area (Å²) < 4.78 is 0. The molecule has 0 N–H and O–H groups in total. The van der Waals surface area contributed by atoms with Crippen molar-refractivity contribution in [2.75, 3.05) is 0 Å². The zero-order valence-electron chi connectivity index (χ0n) is 6.61. The van der Waals surface area contributed by atoms with E-state index in [2.05, 4.69) is 19.8 Å². The number of rotatable bonds is 1. The van der Waals surface area contributed by atoms with Crippen molar-refractivity contribution in [2.24, 2.45) is 0 Å². The molecule has 54 valence electrons. The molecular formula is C8H11BCl-. The van der Waals surface area contributed by atoms with Gasteiger partial charge in [0.1, 0.15) is 0 Å². The van der Waals surface area contributed by atoms with E-state index < -0.39 is 0 Å². The first kappa shape index (κ1) is 7.68. The van der Waals surface area contributed by atoms with Crippen molar-refractivity contribution in [1.29, 1.82) is 0 Å². The molecule has 0 atom stereocenters. The van der Waals surface area contributed by atoms with Crippen molar-refractivity contribution in [1.82, 2.24) is 0 Å². The van der Waals surface area contributed by atoms with Crippen LogP contribution in [0.25, 0.3) is 0 Å². The first-order valence-electron chi connectivity index (χ1n) is 3.93. The lowest BCUT2D eigenvalue weighted by Gasteiger charge is -2.06. The summed E-state index contributed by atoms with van der Waals surface area (Å²) in [6.45, 7) is 4.39. The lowest BCUT2D eigenvalue weighted by Crippen LogP contribution is -2.13. The summed E-state index contributed by atoms with van der Waals surface area (Å²) in [6, 6.07) is 6.14. The van der Waals surface area contributed by atoms with Gasteiger partial charge in [0.15, 0.2) is 0 Å². The number of hydrogen-bond donors (Lipinski definition) is 0. The van der Waals surface area contributed by atoms with Crippen LogP contribution in [0.4, 0.5) is 0 Å². The highest BCUT2D eigenvalue weighted by Crippen LogP contribution is 2.07. The first-order chi connectivity index (χ1) is 4.74. The third kappa shape index (κ3) is 1.54. The summed E-state index contributed by atoms with van der Waals surface area (Å²) in [5.41, 5.74) is 2.85. The summed E-state index contributed by atoms with van der Waals surface area (Å²) in [4.78, 5) is 0. The molecule has 0 amide bonds. The Morgan fingerprint density at radius 1 is 1.40 bits per heavy atom. The molecule has 0 saturated carbocycles. The van der Waals surface area contributed by atoms with Crippen molar-refractivity contribution in [3.8, 4) is 0 Å². The fourth-order valence-corrected chi connectivity index (χ4v) is 1.49. The molecule has 0 unspecified atom stereocenters. The van der Waals surface area contributed by atoms with Gasteiger partial charge < -0.3 is 0 Å². The molecule has 1 rings (SSSR count). The average Bonchev–Trinajstić information content (AvgIpc) is 1.88. The fraction of sp³-hybridized carbons (Fsp3) is 0.250. The maximum atomic E-state index is 5.79. The molecule has 10 heavy (non-hydrogen) atoms. The highest BCUT2D eigenvalue weighted by Gasteiger charge is 1.89. The van der Waals surface area contributed by atoms with E-state index in [1.54, 1.807) is 0 Å². The molecule has 0 radical (unpaired) electrons. The van der Waals surface area contributed by atoms with Gasteiger partial charge in [-0.3, -0.25) is 0 Å². The smallest absolute Gasteiger partial charge is 0.0406 e. The average molecular weight is 153 g/mol. The zero-order chi connectivity index (χ0) is 7.56. The van der Waals surface area contributed by atoms with Crippen LogP contribution in [-0.4, -0.2) is 7.28 Å². The quantitative estimate of drug-likeness (QED) is 0.536. The van der Waals surface area contributed by atoms with E-state index in [0.717, 1.165) is 5.02 Å². The topological polar surface area (TPSA) is 0 Å². The third-order valence-corrected chi connectivity index (χ3v) is 2.24. The largest absolute Gasteiger partial charge is 0.214 e. The molecule has 0 aromatic heterocycles. The second kappa shape index (κ2) is 3.11. The summed E-state index contributed by atoms with van der Waals surface area (Å²) in [7, 11) is 0.0976. The fourth-order valence-electron chi connectivity index (χ4n) is 1.27. The Morgan fingerprint density at radius 3 is 2.60 bits per heavy atom. The highest BCUT2D eigenvalue weighted by molar-refractivity contribution is 6.52. The predicted molar refractivity (Wildman–Crippen MR) is 50.2 cm³/mol. The maximum Gasteiger partial charge on any atom is 0.0406 e. The molecule has 0 aliphatic rings. The highest BCUT2D eigenvalue weighted by atomic mass is 35.5. The number of halogens is 1. The van der Waals surface area contributed by atoms with Crippen molar-refractivity contribution in [2.45, 2.75) is 13.7 Å². The number of aryl methyl sites for hydroxylation is 1. The molecule has 0 bridgehead atoms. The van der Waals surface area contributed by atoms with E-state index in [1.165, 1.54) is 11.0 Å². The van der Waals surface area contributed by atoms with E-state index in [9.17, 15) is 0 Å². The van der Waals surface area contributed by atoms with Gasteiger partial charge in [0, 0.05) is 5.02 Å². The Kier molecular flexibility index (Phi) is 2.39. The summed E-state index contributed by atoms with van der Waals surface area (Å²) in [5, 5.41) is 0.848. The molecule has 0 aliphatic heterocycles. The SMILES string of the molecule is C[BH2-]c1ccc(Cl)cc1C. The second-order valence-electron chi connectivity index (χ2n) is 2.73. The van der Waals surface area contributed by atoms with Crippen LogP contribution >= 0.6 is 11.6 Å². The second-order valence-corrected chi connectivity index (χ2v) is 3.17. The summed E-state index contributed by atoms with van der Waals surface area (Å²) in [6.07, 6.45) is 0. The van der Waals surface area contributed by atoms with Crippen LogP contribution in [0.3, 0.4) is 0 Å². The zero-order valence-corrected chi connectivity index (χ0v) is 7.37. The van der Waals surface area contributed by atoms with Crippen LogP contribution in [0.2, 0.25) is 11.8 Å². The van der Waals surface area contributed by atoms with E-state index >= 15 is 0 Å². The van der Waals surface area contributed by atoms with Crippen LogP contribution < -0.4 is 5.46 Å². The molecule has 1 aromatic carbocycles.